The minimum Gasteiger partial charge on any atom is -0.360 e. The SMILES string of the molecule is Fc1cc(NC(=S)NC2CCCCC2)ccc1Cl. The average molecular weight is 287 g/mol. The van der Waals surface area contributed by atoms with Gasteiger partial charge in [-0.2, -0.15) is 0 Å². The topological polar surface area (TPSA) is 24.1 Å². The Hall–Kier alpha value is -0.870. The zero-order valence-electron chi connectivity index (χ0n) is 10.0. The van der Waals surface area contributed by atoms with Gasteiger partial charge in [0.25, 0.3) is 0 Å². The fourth-order valence-corrected chi connectivity index (χ4v) is 2.58. The van der Waals surface area contributed by atoms with Gasteiger partial charge in [0.15, 0.2) is 5.11 Å². The van der Waals surface area contributed by atoms with Crippen molar-refractivity contribution in [2.24, 2.45) is 0 Å². The monoisotopic (exact) mass is 286 g/mol. The van der Waals surface area contributed by atoms with Gasteiger partial charge in [-0.25, -0.2) is 4.39 Å². The summed E-state index contributed by atoms with van der Waals surface area (Å²) in [4.78, 5) is 0. The number of hydrogen-bond donors (Lipinski definition) is 2. The maximum Gasteiger partial charge on any atom is 0.170 e. The standard InChI is InChI=1S/C13H16ClFN2S/c14-11-7-6-10(8-12(11)15)17-13(18)16-9-4-2-1-3-5-9/h6-9H,1-5H2,(H2,16,17,18). The van der Waals surface area contributed by atoms with E-state index in [0.29, 0.717) is 16.8 Å². The highest BCUT2D eigenvalue weighted by Crippen LogP contribution is 2.20. The molecule has 98 valence electrons. The third-order valence-corrected chi connectivity index (χ3v) is 3.64. The predicted octanol–water partition coefficient (Wildman–Crippen LogP) is 4.10. The Morgan fingerprint density at radius 2 is 2.00 bits per heavy atom. The molecule has 1 saturated carbocycles. The van der Waals surface area contributed by atoms with Gasteiger partial charge < -0.3 is 10.6 Å². The van der Waals surface area contributed by atoms with E-state index in [1.165, 1.54) is 31.4 Å². The fourth-order valence-electron chi connectivity index (χ4n) is 2.17. The Morgan fingerprint density at radius 1 is 1.28 bits per heavy atom. The van der Waals surface area contributed by atoms with Crippen molar-refractivity contribution >= 4 is 34.6 Å². The van der Waals surface area contributed by atoms with Crippen LogP contribution in [0.1, 0.15) is 32.1 Å². The molecule has 0 spiro atoms. The van der Waals surface area contributed by atoms with Crippen LogP contribution in [0.15, 0.2) is 18.2 Å². The predicted molar refractivity (Wildman–Crippen MR) is 77.6 cm³/mol. The molecule has 0 aromatic heterocycles. The number of halogens is 2. The van der Waals surface area contributed by atoms with Crippen LogP contribution in [0, 0.1) is 5.82 Å². The van der Waals surface area contributed by atoms with E-state index in [0.717, 1.165) is 12.8 Å². The highest BCUT2D eigenvalue weighted by Gasteiger charge is 2.14. The van der Waals surface area contributed by atoms with Gasteiger partial charge in [-0.1, -0.05) is 30.9 Å². The maximum atomic E-state index is 13.3. The van der Waals surface area contributed by atoms with E-state index in [9.17, 15) is 4.39 Å². The third-order valence-electron chi connectivity index (χ3n) is 3.12. The molecule has 0 aliphatic heterocycles. The van der Waals surface area contributed by atoms with Crippen molar-refractivity contribution in [1.29, 1.82) is 0 Å². The second-order valence-electron chi connectivity index (χ2n) is 4.56. The van der Waals surface area contributed by atoms with Gasteiger partial charge in [-0.15, -0.1) is 0 Å². The Balaban J connectivity index is 1.88. The lowest BCUT2D eigenvalue weighted by atomic mass is 9.96. The summed E-state index contributed by atoms with van der Waals surface area (Å²) >= 11 is 10.8. The minimum atomic E-state index is -0.442. The lowest BCUT2D eigenvalue weighted by molar-refractivity contribution is 0.415. The first-order chi connectivity index (χ1) is 8.65. The van der Waals surface area contributed by atoms with Crippen LogP contribution in [-0.4, -0.2) is 11.2 Å². The summed E-state index contributed by atoms with van der Waals surface area (Å²) in [5.41, 5.74) is 0.616. The van der Waals surface area contributed by atoms with Crippen molar-refractivity contribution in [3.8, 4) is 0 Å². The molecule has 0 unspecified atom stereocenters. The molecule has 2 rings (SSSR count). The maximum absolute atomic E-state index is 13.3. The van der Waals surface area contributed by atoms with Crippen molar-refractivity contribution in [1.82, 2.24) is 5.32 Å². The Bertz CT molecular complexity index is 433. The molecule has 1 aromatic carbocycles. The van der Waals surface area contributed by atoms with Gasteiger partial charge in [-0.3, -0.25) is 0 Å². The summed E-state index contributed by atoms with van der Waals surface area (Å²) in [6.45, 7) is 0. The number of benzene rings is 1. The zero-order chi connectivity index (χ0) is 13.0. The molecule has 0 saturated heterocycles. The summed E-state index contributed by atoms with van der Waals surface area (Å²) in [5.74, 6) is -0.442. The number of thiocarbonyl (C=S) groups is 1. The Labute approximate surface area is 117 Å². The summed E-state index contributed by atoms with van der Waals surface area (Å²) < 4.78 is 13.3. The van der Waals surface area contributed by atoms with Crippen LogP contribution in [0.3, 0.4) is 0 Å². The minimum absolute atomic E-state index is 0.117. The zero-order valence-corrected chi connectivity index (χ0v) is 11.6. The van der Waals surface area contributed by atoms with Gasteiger partial charge in [0.2, 0.25) is 0 Å². The molecule has 0 radical (unpaired) electrons. The quantitative estimate of drug-likeness (QED) is 0.801. The molecule has 2 nitrogen and oxygen atoms in total. The van der Waals surface area contributed by atoms with E-state index < -0.39 is 5.82 Å². The number of rotatable bonds is 2. The van der Waals surface area contributed by atoms with E-state index in [1.807, 2.05) is 0 Å². The Kier molecular flexibility index (Phi) is 4.78. The molecule has 1 aromatic rings. The van der Waals surface area contributed by atoms with Gasteiger partial charge in [0.05, 0.1) is 5.02 Å². The van der Waals surface area contributed by atoms with Crippen LogP contribution in [0.5, 0.6) is 0 Å². The molecule has 5 heteroatoms. The lowest BCUT2D eigenvalue weighted by Gasteiger charge is -2.24. The van der Waals surface area contributed by atoms with Crippen LogP contribution < -0.4 is 10.6 Å². The molecule has 0 amide bonds. The number of anilines is 1. The first-order valence-electron chi connectivity index (χ1n) is 6.18. The van der Waals surface area contributed by atoms with Gasteiger partial charge in [0, 0.05) is 11.7 Å². The van der Waals surface area contributed by atoms with Crippen molar-refractivity contribution < 1.29 is 4.39 Å². The highest BCUT2D eigenvalue weighted by molar-refractivity contribution is 7.80. The van der Waals surface area contributed by atoms with E-state index >= 15 is 0 Å². The normalized spacial score (nSPS) is 16.3. The smallest absolute Gasteiger partial charge is 0.170 e. The van der Waals surface area contributed by atoms with E-state index in [-0.39, 0.29) is 5.02 Å². The highest BCUT2D eigenvalue weighted by atomic mass is 35.5. The molecule has 2 N–H and O–H groups in total. The number of hydrogen-bond acceptors (Lipinski definition) is 1. The van der Waals surface area contributed by atoms with Crippen molar-refractivity contribution in [3.05, 3.63) is 29.0 Å². The van der Waals surface area contributed by atoms with Crippen LogP contribution in [-0.2, 0) is 0 Å². The van der Waals surface area contributed by atoms with Gasteiger partial charge >= 0.3 is 0 Å². The van der Waals surface area contributed by atoms with Crippen LogP contribution in [0.25, 0.3) is 0 Å². The number of nitrogens with one attached hydrogen (secondary N) is 2. The molecule has 1 aliphatic rings. The molecular formula is C13H16ClFN2S. The molecule has 0 heterocycles. The van der Waals surface area contributed by atoms with Crippen molar-refractivity contribution in [3.63, 3.8) is 0 Å². The van der Waals surface area contributed by atoms with Crippen LogP contribution in [0.2, 0.25) is 5.02 Å². The molecule has 0 atom stereocenters. The molecule has 1 fully saturated rings. The third kappa shape index (κ3) is 3.82. The summed E-state index contributed by atoms with van der Waals surface area (Å²) in [5, 5.41) is 6.91. The van der Waals surface area contributed by atoms with Gasteiger partial charge in [0.1, 0.15) is 5.82 Å². The summed E-state index contributed by atoms with van der Waals surface area (Å²) in [7, 11) is 0. The van der Waals surface area contributed by atoms with E-state index in [4.69, 9.17) is 23.8 Å². The van der Waals surface area contributed by atoms with E-state index in [1.54, 1.807) is 6.07 Å². The fraction of sp³-hybridized carbons (Fsp3) is 0.462. The largest absolute Gasteiger partial charge is 0.360 e. The Morgan fingerprint density at radius 3 is 2.67 bits per heavy atom. The second-order valence-corrected chi connectivity index (χ2v) is 5.38. The van der Waals surface area contributed by atoms with Crippen LogP contribution >= 0.6 is 23.8 Å². The summed E-state index contributed by atoms with van der Waals surface area (Å²) in [6.07, 6.45) is 6.10. The molecule has 18 heavy (non-hydrogen) atoms. The lowest BCUT2D eigenvalue weighted by Crippen LogP contribution is -2.38. The molecule has 1 aliphatic carbocycles. The van der Waals surface area contributed by atoms with Crippen molar-refractivity contribution in [2.75, 3.05) is 5.32 Å². The van der Waals surface area contributed by atoms with E-state index in [2.05, 4.69) is 10.6 Å². The molecule has 0 bridgehead atoms. The molecular weight excluding hydrogens is 271 g/mol. The van der Waals surface area contributed by atoms with Crippen LogP contribution in [0.4, 0.5) is 10.1 Å². The average Bonchev–Trinajstić information content (AvgIpc) is 2.35. The first kappa shape index (κ1) is 13.6. The summed E-state index contributed by atoms with van der Waals surface area (Å²) in [6, 6.07) is 5.01. The first-order valence-corrected chi connectivity index (χ1v) is 6.96. The van der Waals surface area contributed by atoms with Crippen molar-refractivity contribution in [2.45, 2.75) is 38.1 Å². The van der Waals surface area contributed by atoms with Gasteiger partial charge in [-0.05, 0) is 43.3 Å². The second kappa shape index (κ2) is 6.34.